The van der Waals surface area contributed by atoms with E-state index in [1.165, 1.54) is 4.90 Å². The van der Waals surface area contributed by atoms with E-state index < -0.39 is 17.2 Å². The molecular formula is C26H32F3N5O. The summed E-state index contributed by atoms with van der Waals surface area (Å²) in [6.07, 6.45) is -1.96. The Hall–Kier alpha value is -3.20. The lowest BCUT2D eigenvalue weighted by Crippen LogP contribution is -2.52. The van der Waals surface area contributed by atoms with Crippen molar-refractivity contribution in [2.24, 2.45) is 5.92 Å². The van der Waals surface area contributed by atoms with Gasteiger partial charge in [0.25, 0.3) is 0 Å². The van der Waals surface area contributed by atoms with Gasteiger partial charge in [-0.15, -0.1) is 0 Å². The maximum Gasteiger partial charge on any atom is 0.420 e. The first-order chi connectivity index (χ1) is 16.4. The quantitative estimate of drug-likeness (QED) is 0.264. The highest BCUT2D eigenvalue weighted by Gasteiger charge is 2.48. The SMILES string of the molecule is CC1CC(C(=N)N(C)C=N)(c2cccc(-c3nc4cc(CNC(C)C)cc(C(F)(F)F)c4o3)c2)C1.[HH]. The first kappa shape index (κ1) is 24.9. The number of amidine groups is 1. The zero-order valence-corrected chi connectivity index (χ0v) is 20.3. The molecule has 3 N–H and O–H groups in total. The Balaban J connectivity index is 0.00000361. The van der Waals surface area contributed by atoms with Crippen molar-refractivity contribution in [3.05, 3.63) is 53.1 Å². The average molecular weight is 488 g/mol. The lowest BCUT2D eigenvalue weighted by molar-refractivity contribution is -0.136. The van der Waals surface area contributed by atoms with E-state index in [4.69, 9.17) is 15.2 Å². The first-order valence-electron chi connectivity index (χ1n) is 11.6. The summed E-state index contributed by atoms with van der Waals surface area (Å²) < 4.78 is 47.3. The number of aromatic nitrogens is 1. The van der Waals surface area contributed by atoms with Crippen LogP contribution in [0, 0.1) is 16.7 Å². The van der Waals surface area contributed by atoms with Crippen LogP contribution >= 0.6 is 0 Å². The molecule has 1 saturated carbocycles. The lowest BCUT2D eigenvalue weighted by Gasteiger charge is -2.48. The van der Waals surface area contributed by atoms with E-state index in [-0.39, 0.29) is 31.0 Å². The van der Waals surface area contributed by atoms with Gasteiger partial charge in [0.1, 0.15) is 16.9 Å². The molecule has 4 rings (SSSR count). The molecule has 1 heterocycles. The fraction of sp³-hybridized carbons (Fsp3) is 0.423. The maximum atomic E-state index is 13.9. The van der Waals surface area contributed by atoms with Crippen LogP contribution in [0.15, 0.2) is 40.8 Å². The van der Waals surface area contributed by atoms with Gasteiger partial charge in [-0.3, -0.25) is 10.8 Å². The van der Waals surface area contributed by atoms with Gasteiger partial charge in [0, 0.05) is 26.6 Å². The molecule has 0 radical (unpaired) electrons. The van der Waals surface area contributed by atoms with Crippen molar-refractivity contribution in [1.29, 1.82) is 10.8 Å². The van der Waals surface area contributed by atoms with E-state index >= 15 is 0 Å². The molecule has 6 nitrogen and oxygen atoms in total. The number of hydrogen-bond acceptors (Lipinski definition) is 5. The van der Waals surface area contributed by atoms with Crippen molar-refractivity contribution >= 4 is 23.3 Å². The smallest absolute Gasteiger partial charge is 0.420 e. The van der Waals surface area contributed by atoms with Crippen molar-refractivity contribution in [2.75, 3.05) is 7.05 Å². The monoisotopic (exact) mass is 487 g/mol. The van der Waals surface area contributed by atoms with Crippen LogP contribution in [0.4, 0.5) is 13.2 Å². The molecule has 3 aromatic rings. The van der Waals surface area contributed by atoms with E-state index in [1.807, 2.05) is 32.0 Å². The van der Waals surface area contributed by atoms with Crippen molar-refractivity contribution in [2.45, 2.75) is 57.8 Å². The number of oxazole rings is 1. The van der Waals surface area contributed by atoms with Crippen LogP contribution in [-0.2, 0) is 18.1 Å². The lowest BCUT2D eigenvalue weighted by atomic mass is 9.58. The predicted molar refractivity (Wildman–Crippen MR) is 133 cm³/mol. The number of nitrogens with one attached hydrogen (secondary N) is 3. The van der Waals surface area contributed by atoms with Crippen LogP contribution in [-0.4, -0.2) is 35.1 Å². The summed E-state index contributed by atoms with van der Waals surface area (Å²) in [6.45, 7) is 6.27. The molecule has 0 amide bonds. The zero-order chi connectivity index (χ0) is 25.5. The molecule has 35 heavy (non-hydrogen) atoms. The number of hydrogen-bond donors (Lipinski definition) is 3. The average Bonchev–Trinajstić information content (AvgIpc) is 3.22. The fourth-order valence-electron chi connectivity index (χ4n) is 4.90. The number of alkyl halides is 3. The van der Waals surface area contributed by atoms with Gasteiger partial charge in [0.05, 0.1) is 11.8 Å². The normalized spacial score (nSPS) is 20.2. The summed E-state index contributed by atoms with van der Waals surface area (Å²) in [5.74, 6) is 0.854. The van der Waals surface area contributed by atoms with E-state index in [0.717, 1.165) is 30.8 Å². The number of fused-ring (bicyclic) bond motifs is 1. The molecular weight excluding hydrogens is 455 g/mol. The molecule has 188 valence electrons. The van der Waals surface area contributed by atoms with Crippen molar-refractivity contribution in [3.8, 4) is 11.5 Å². The number of nitrogens with zero attached hydrogens (tertiary/aromatic N) is 2. The van der Waals surface area contributed by atoms with Crippen LogP contribution in [0.25, 0.3) is 22.6 Å². The highest BCUT2D eigenvalue weighted by Crippen LogP contribution is 2.49. The Labute approximate surface area is 204 Å². The summed E-state index contributed by atoms with van der Waals surface area (Å²) in [7, 11) is 1.68. The Kier molecular flexibility index (Phi) is 6.48. The second-order valence-electron chi connectivity index (χ2n) is 9.81. The van der Waals surface area contributed by atoms with E-state index in [9.17, 15) is 13.2 Å². The van der Waals surface area contributed by atoms with E-state index in [1.54, 1.807) is 19.2 Å². The van der Waals surface area contributed by atoms with Crippen molar-refractivity contribution in [3.63, 3.8) is 0 Å². The standard InChI is InChI=1S/C26H30F3N5O.H2/c1-15(2)32-13-17-8-20(26(27,28)29)22-21(9-17)33-23(35-22)18-6-5-7-19(10-18)25(11-16(3)12-25)24(31)34(4)14-30;/h5-10,14-16,30-32H,11-13H2,1-4H3;1H. The summed E-state index contributed by atoms with van der Waals surface area (Å²) in [6, 6.07) is 10.2. The van der Waals surface area contributed by atoms with Crippen molar-refractivity contribution < 1.29 is 19.0 Å². The molecule has 0 aliphatic heterocycles. The van der Waals surface area contributed by atoms with Crippen LogP contribution in [0.5, 0.6) is 0 Å². The first-order valence-corrected chi connectivity index (χ1v) is 11.6. The third kappa shape index (κ3) is 4.69. The van der Waals surface area contributed by atoms with Crippen LogP contribution < -0.4 is 5.32 Å². The van der Waals surface area contributed by atoms with E-state index in [0.29, 0.717) is 22.9 Å². The van der Waals surface area contributed by atoms with Crippen LogP contribution in [0.1, 0.15) is 51.7 Å². The highest BCUT2D eigenvalue weighted by molar-refractivity contribution is 5.98. The van der Waals surface area contributed by atoms with Gasteiger partial charge in [-0.1, -0.05) is 32.9 Å². The van der Waals surface area contributed by atoms with Crippen LogP contribution in [0.2, 0.25) is 0 Å². The second kappa shape index (κ2) is 9.11. The minimum absolute atomic E-state index is 0. The molecule has 0 unspecified atom stereocenters. The number of halogens is 3. The molecule has 0 bridgehead atoms. The van der Waals surface area contributed by atoms with Gasteiger partial charge < -0.3 is 14.6 Å². The van der Waals surface area contributed by atoms with Gasteiger partial charge >= 0.3 is 6.18 Å². The fourth-order valence-corrected chi connectivity index (χ4v) is 4.90. The molecule has 1 fully saturated rings. The molecule has 1 aromatic heterocycles. The minimum atomic E-state index is -4.58. The Morgan fingerprint density at radius 2 is 2.03 bits per heavy atom. The molecule has 9 heteroatoms. The van der Waals surface area contributed by atoms with Crippen LogP contribution in [0.3, 0.4) is 0 Å². The summed E-state index contributed by atoms with van der Waals surface area (Å²) >= 11 is 0. The Morgan fingerprint density at radius 1 is 1.31 bits per heavy atom. The van der Waals surface area contributed by atoms with Gasteiger partial charge in [-0.25, -0.2) is 4.98 Å². The number of likely N-dealkylation sites (N-methyl/N-ethyl adjacent to an activating group) is 1. The predicted octanol–water partition coefficient (Wildman–Crippen LogP) is 6.44. The topological polar surface area (TPSA) is 89.0 Å². The van der Waals surface area contributed by atoms with Gasteiger partial charge in [0.15, 0.2) is 5.58 Å². The molecule has 2 aromatic carbocycles. The van der Waals surface area contributed by atoms with Crippen molar-refractivity contribution in [1.82, 2.24) is 15.2 Å². The van der Waals surface area contributed by atoms with E-state index in [2.05, 4.69) is 17.2 Å². The number of rotatable bonds is 7. The Bertz CT molecular complexity index is 1260. The molecule has 1 aliphatic rings. The zero-order valence-electron chi connectivity index (χ0n) is 20.3. The largest absolute Gasteiger partial charge is 0.435 e. The van der Waals surface area contributed by atoms with Gasteiger partial charge in [-0.05, 0) is 54.2 Å². The highest BCUT2D eigenvalue weighted by atomic mass is 19.4. The molecule has 1 aliphatic carbocycles. The summed E-state index contributed by atoms with van der Waals surface area (Å²) in [4.78, 5) is 5.91. The molecule has 0 atom stereocenters. The van der Waals surface area contributed by atoms with Gasteiger partial charge in [0.2, 0.25) is 5.89 Å². The summed E-state index contributed by atoms with van der Waals surface area (Å²) in [5.41, 5.74) is 0.380. The molecule has 0 spiro atoms. The third-order valence-corrected chi connectivity index (χ3v) is 6.63. The minimum Gasteiger partial charge on any atom is -0.435 e. The van der Waals surface area contributed by atoms with Gasteiger partial charge in [-0.2, -0.15) is 13.2 Å². The maximum absolute atomic E-state index is 13.9. The second-order valence-corrected chi connectivity index (χ2v) is 9.81. The third-order valence-electron chi connectivity index (χ3n) is 6.63. The summed E-state index contributed by atoms with van der Waals surface area (Å²) in [5, 5.41) is 19.4. The Morgan fingerprint density at radius 3 is 2.63 bits per heavy atom. The number of benzene rings is 2. The molecule has 0 saturated heterocycles.